The molecule has 0 N–H and O–H groups in total. The van der Waals surface area contributed by atoms with E-state index < -0.39 is 0 Å². The van der Waals surface area contributed by atoms with E-state index in [9.17, 15) is 0 Å². The van der Waals surface area contributed by atoms with Crippen LogP contribution in [-0.4, -0.2) is 0 Å². The largest absolute Gasteiger partial charge is 1.00 e. The average molecular weight is 738 g/mol. The van der Waals surface area contributed by atoms with Crippen molar-refractivity contribution in [2.24, 2.45) is 0 Å². The van der Waals surface area contributed by atoms with Crippen LogP contribution in [0.25, 0.3) is 10.8 Å². The first-order valence-corrected chi connectivity index (χ1v) is 19.7. The number of hydrogen-bond donors (Lipinski definition) is 0. The molecule has 0 radical (unpaired) electrons. The van der Waals surface area contributed by atoms with Crippen LogP contribution < -0.4 is 56.3 Å². The number of hydrogen-bond acceptors (Lipinski definition) is 1. The van der Waals surface area contributed by atoms with Gasteiger partial charge in [-0.3, -0.25) is 0 Å². The van der Waals surface area contributed by atoms with Crippen molar-refractivity contribution in [3.63, 3.8) is 0 Å². The number of fused-ring (bicyclic) bond motifs is 3. The molecule has 6 aromatic carbocycles. The van der Waals surface area contributed by atoms with Crippen molar-refractivity contribution in [1.29, 1.82) is 0 Å². The fraction of sp³-hybridized carbons (Fsp3) is 0.314. The van der Waals surface area contributed by atoms with Gasteiger partial charge in [0, 0.05) is 23.2 Å². The Balaban J connectivity index is -0.000000724. The van der Waals surface area contributed by atoms with E-state index in [0.29, 0.717) is 0 Å². The SMILES string of the molecule is CC.CC.CC.CC.CC.CCc1ccccc1CC.Cc1ccccc1.[CH3-].[K+].c1ccc2c(c1)Cc1ccccc1N2c1cccc2ccccc12. The van der Waals surface area contributed by atoms with Gasteiger partial charge in [0.25, 0.3) is 0 Å². The molecule has 0 aliphatic carbocycles. The van der Waals surface area contributed by atoms with Crippen LogP contribution in [0.3, 0.4) is 0 Å². The standard InChI is InChI=1S/C23H17N.C10H14.C7H8.5C2H6.CH3.K/c1-4-12-20-17(8-1)11-7-15-23(20)24-21-13-5-2-9-18(21)16-19-10-3-6-14-22(19)24;1-3-9-7-5-6-8-10(9)4-2;1-7-5-3-2-4-6-7;5*1-2;;/h1-15H,16H2;5-8H,3-4H2,1-2H3;2-6H,1H3;5*1-2H3;1H3;/q;;;;;;;;-1;+1. The van der Waals surface area contributed by atoms with Gasteiger partial charge >= 0.3 is 51.4 Å². The molecule has 0 amide bonds. The molecule has 0 fully saturated rings. The third kappa shape index (κ3) is 17.4. The van der Waals surface area contributed by atoms with Crippen LogP contribution in [0.15, 0.2) is 146 Å². The van der Waals surface area contributed by atoms with Gasteiger partial charge in [0.15, 0.2) is 0 Å². The van der Waals surface area contributed by atoms with E-state index in [-0.39, 0.29) is 58.8 Å². The first-order valence-electron chi connectivity index (χ1n) is 19.7. The fourth-order valence-corrected chi connectivity index (χ4v) is 5.54. The van der Waals surface area contributed by atoms with Gasteiger partial charge in [-0.25, -0.2) is 0 Å². The second-order valence-electron chi connectivity index (χ2n) is 10.4. The number of para-hydroxylation sites is 2. The Hall–Kier alpha value is -2.98. The third-order valence-electron chi connectivity index (χ3n) is 7.67. The van der Waals surface area contributed by atoms with Crippen molar-refractivity contribution < 1.29 is 51.4 Å². The molecule has 1 nitrogen and oxygen atoms in total. The number of anilines is 3. The summed E-state index contributed by atoms with van der Waals surface area (Å²) >= 11 is 0. The van der Waals surface area contributed by atoms with Crippen molar-refractivity contribution in [1.82, 2.24) is 0 Å². The summed E-state index contributed by atoms with van der Waals surface area (Å²) in [7, 11) is 0. The summed E-state index contributed by atoms with van der Waals surface area (Å²) in [6.07, 6.45) is 3.31. The summed E-state index contributed by atoms with van der Waals surface area (Å²) in [5.74, 6) is 0. The van der Waals surface area contributed by atoms with Crippen LogP contribution in [0.1, 0.15) is 111 Å². The summed E-state index contributed by atoms with van der Waals surface area (Å²) in [5, 5.41) is 2.56. The van der Waals surface area contributed by atoms with Crippen molar-refractivity contribution in [2.45, 2.75) is 109 Å². The van der Waals surface area contributed by atoms with Gasteiger partial charge in [0.1, 0.15) is 0 Å². The zero-order valence-electron chi connectivity index (χ0n) is 36.4. The predicted molar refractivity (Wildman–Crippen MR) is 241 cm³/mol. The van der Waals surface area contributed by atoms with Gasteiger partial charge in [0.2, 0.25) is 0 Å². The Morgan fingerprint density at radius 1 is 0.415 bits per heavy atom. The van der Waals surface area contributed by atoms with E-state index in [0.717, 1.165) is 19.3 Å². The summed E-state index contributed by atoms with van der Waals surface area (Å²) in [6.45, 7) is 26.5. The van der Waals surface area contributed by atoms with Crippen LogP contribution in [-0.2, 0) is 19.3 Å². The summed E-state index contributed by atoms with van der Waals surface area (Å²) in [6, 6.07) is 51.5. The molecular formula is C51H72KN. The molecule has 1 aliphatic heterocycles. The molecule has 0 bridgehead atoms. The Bertz CT molecular complexity index is 1630. The molecule has 0 unspecified atom stereocenters. The fourth-order valence-electron chi connectivity index (χ4n) is 5.54. The number of benzene rings is 6. The second kappa shape index (κ2) is 34.8. The molecular weight excluding hydrogens is 666 g/mol. The van der Waals surface area contributed by atoms with E-state index in [2.05, 4.69) is 153 Å². The number of aryl methyl sites for hydroxylation is 3. The van der Waals surface area contributed by atoms with Crippen LogP contribution in [0.4, 0.5) is 17.1 Å². The Kier molecular flexibility index (Phi) is 35.7. The van der Waals surface area contributed by atoms with Crippen molar-refractivity contribution in [2.75, 3.05) is 4.90 Å². The smallest absolute Gasteiger partial charge is 0.358 e. The van der Waals surface area contributed by atoms with Gasteiger partial charge in [-0.05, 0) is 65.6 Å². The monoisotopic (exact) mass is 738 g/mol. The van der Waals surface area contributed by atoms with Crippen LogP contribution in [0.2, 0.25) is 0 Å². The molecule has 1 aliphatic rings. The molecule has 6 aromatic rings. The van der Waals surface area contributed by atoms with E-state index in [1.165, 1.54) is 55.7 Å². The number of nitrogens with zero attached hydrogens (tertiary/aromatic N) is 1. The van der Waals surface area contributed by atoms with Gasteiger partial charge in [-0.15, -0.1) is 0 Å². The second-order valence-corrected chi connectivity index (χ2v) is 10.4. The summed E-state index contributed by atoms with van der Waals surface area (Å²) in [5.41, 5.74) is 10.9. The average Bonchev–Trinajstić information content (AvgIpc) is 3.24. The maximum atomic E-state index is 2.41. The van der Waals surface area contributed by atoms with Gasteiger partial charge in [-0.1, -0.05) is 216 Å². The minimum atomic E-state index is 0. The Labute approximate surface area is 370 Å². The topological polar surface area (TPSA) is 3.24 Å². The molecule has 7 rings (SSSR count). The van der Waals surface area contributed by atoms with E-state index in [4.69, 9.17) is 0 Å². The third-order valence-corrected chi connectivity index (χ3v) is 7.67. The quantitative estimate of drug-likeness (QED) is 0.129. The molecule has 0 saturated heterocycles. The van der Waals surface area contributed by atoms with Crippen LogP contribution in [0, 0.1) is 14.4 Å². The zero-order chi connectivity index (χ0) is 38.4. The van der Waals surface area contributed by atoms with E-state index >= 15 is 0 Å². The van der Waals surface area contributed by atoms with Crippen LogP contribution in [0.5, 0.6) is 0 Å². The molecule has 0 atom stereocenters. The van der Waals surface area contributed by atoms with E-state index in [1.807, 2.05) is 87.4 Å². The molecule has 282 valence electrons. The van der Waals surface area contributed by atoms with Gasteiger partial charge in [-0.2, -0.15) is 0 Å². The molecule has 2 heteroatoms. The zero-order valence-corrected chi connectivity index (χ0v) is 39.5. The normalized spacial score (nSPS) is 9.34. The van der Waals surface area contributed by atoms with E-state index in [1.54, 1.807) is 0 Å². The Morgan fingerprint density at radius 3 is 1.21 bits per heavy atom. The van der Waals surface area contributed by atoms with Crippen molar-refractivity contribution in [3.8, 4) is 0 Å². The molecule has 53 heavy (non-hydrogen) atoms. The minimum absolute atomic E-state index is 0. The predicted octanol–water partition coefficient (Wildman–Crippen LogP) is 13.6. The molecule has 0 aromatic heterocycles. The van der Waals surface area contributed by atoms with Crippen molar-refractivity contribution in [3.05, 3.63) is 181 Å². The molecule has 1 heterocycles. The maximum absolute atomic E-state index is 2.41. The minimum Gasteiger partial charge on any atom is -0.358 e. The van der Waals surface area contributed by atoms with Gasteiger partial charge in [0.05, 0.1) is 5.69 Å². The molecule has 0 saturated carbocycles. The van der Waals surface area contributed by atoms with Crippen molar-refractivity contribution >= 4 is 27.8 Å². The first kappa shape index (κ1) is 54.4. The maximum Gasteiger partial charge on any atom is 1.00 e. The molecule has 0 spiro atoms. The summed E-state index contributed by atoms with van der Waals surface area (Å²) < 4.78 is 0. The first-order chi connectivity index (χ1) is 25.2. The Morgan fingerprint density at radius 2 is 0.774 bits per heavy atom. The number of rotatable bonds is 3. The van der Waals surface area contributed by atoms with Gasteiger partial charge < -0.3 is 12.3 Å². The summed E-state index contributed by atoms with van der Waals surface area (Å²) in [4.78, 5) is 2.41. The van der Waals surface area contributed by atoms with Crippen LogP contribution >= 0.6 is 0 Å².